The molecule has 2 amide bonds. The van der Waals surface area contributed by atoms with Crippen LogP contribution in [0, 0.1) is 5.92 Å². The second-order valence-corrected chi connectivity index (χ2v) is 13.4. The molecule has 3 N–H and O–H groups in total. The summed E-state index contributed by atoms with van der Waals surface area (Å²) in [5, 5.41) is 3.07. The Labute approximate surface area is 263 Å². The van der Waals surface area contributed by atoms with Crippen LogP contribution in [0.1, 0.15) is 220 Å². The maximum Gasteiger partial charge on any atom is 0.222 e. The number of primary amides is 1. The smallest absolute Gasteiger partial charge is 0.222 e. The molecule has 0 aromatic rings. The van der Waals surface area contributed by atoms with Gasteiger partial charge in [0.15, 0.2) is 0 Å². The summed E-state index contributed by atoms with van der Waals surface area (Å²) in [4.78, 5) is 24.5. The van der Waals surface area contributed by atoms with E-state index >= 15 is 0 Å². The number of hydrogen-bond acceptors (Lipinski definition) is 2. The lowest BCUT2D eigenvalue weighted by Crippen LogP contribution is -2.43. The lowest BCUT2D eigenvalue weighted by Gasteiger charge is -2.22. The Morgan fingerprint density at radius 2 is 0.762 bits per heavy atom. The predicted molar refractivity (Wildman–Crippen MR) is 185 cm³/mol. The van der Waals surface area contributed by atoms with Crippen LogP contribution in [0.5, 0.6) is 0 Å². The highest BCUT2D eigenvalue weighted by Crippen LogP contribution is 2.18. The fourth-order valence-corrected chi connectivity index (χ4v) is 6.28. The molecule has 250 valence electrons. The normalized spacial score (nSPS) is 12.8. The summed E-state index contributed by atoms with van der Waals surface area (Å²) in [5.41, 5.74) is 5.71. The topological polar surface area (TPSA) is 72.2 Å². The molecule has 0 saturated heterocycles. The number of amides is 2. The molecule has 0 saturated carbocycles. The minimum absolute atomic E-state index is 0.0735. The van der Waals surface area contributed by atoms with Crippen LogP contribution in [0.15, 0.2) is 0 Å². The number of unbranched alkanes of at least 4 members (excludes halogenated alkanes) is 27. The second kappa shape index (κ2) is 32.8. The van der Waals surface area contributed by atoms with Gasteiger partial charge in [0.2, 0.25) is 11.8 Å². The van der Waals surface area contributed by atoms with Crippen LogP contribution >= 0.6 is 0 Å². The van der Waals surface area contributed by atoms with Gasteiger partial charge in [0.25, 0.3) is 0 Å². The molecule has 4 heteroatoms. The van der Waals surface area contributed by atoms with E-state index in [2.05, 4.69) is 19.2 Å². The maximum absolute atomic E-state index is 12.5. The SMILES string of the molecule is CCCCCCCCCCCCCCCCCC(=O)NC(C)C(CCCCCCCCCCCCCCCC)C(N)=O. The summed E-state index contributed by atoms with van der Waals surface area (Å²) < 4.78 is 0. The molecule has 0 rings (SSSR count). The van der Waals surface area contributed by atoms with Crippen LogP contribution < -0.4 is 11.1 Å². The van der Waals surface area contributed by atoms with Crippen molar-refractivity contribution in [1.29, 1.82) is 0 Å². The number of nitrogens with two attached hydrogens (primary N) is 1. The fourth-order valence-electron chi connectivity index (χ4n) is 6.28. The van der Waals surface area contributed by atoms with Gasteiger partial charge in [-0.3, -0.25) is 9.59 Å². The lowest BCUT2D eigenvalue weighted by atomic mass is 9.93. The van der Waals surface area contributed by atoms with Crippen molar-refractivity contribution in [3.05, 3.63) is 0 Å². The van der Waals surface area contributed by atoms with Gasteiger partial charge in [-0.2, -0.15) is 0 Å². The van der Waals surface area contributed by atoms with E-state index in [1.165, 1.54) is 161 Å². The Bertz CT molecular complexity index is 579. The molecule has 0 aliphatic rings. The molecular formula is C38H76N2O2. The first-order valence-electron chi connectivity index (χ1n) is 19.1. The number of rotatable bonds is 34. The minimum Gasteiger partial charge on any atom is -0.369 e. The first-order valence-corrected chi connectivity index (χ1v) is 19.1. The van der Waals surface area contributed by atoms with E-state index in [0.29, 0.717) is 6.42 Å². The van der Waals surface area contributed by atoms with Crippen molar-refractivity contribution in [2.75, 3.05) is 0 Å². The zero-order valence-corrected chi connectivity index (χ0v) is 29.0. The van der Waals surface area contributed by atoms with Crippen molar-refractivity contribution < 1.29 is 9.59 Å². The summed E-state index contributed by atoms with van der Waals surface area (Å²) >= 11 is 0. The maximum atomic E-state index is 12.5. The van der Waals surface area contributed by atoms with E-state index < -0.39 is 0 Å². The third-order valence-electron chi connectivity index (χ3n) is 9.23. The Morgan fingerprint density at radius 1 is 0.476 bits per heavy atom. The van der Waals surface area contributed by atoms with Crippen molar-refractivity contribution in [3.8, 4) is 0 Å². The molecule has 0 heterocycles. The van der Waals surface area contributed by atoms with E-state index in [0.717, 1.165) is 32.1 Å². The molecule has 42 heavy (non-hydrogen) atoms. The Kier molecular flexibility index (Phi) is 32.0. The molecule has 0 aromatic heterocycles. The van der Waals surface area contributed by atoms with Gasteiger partial charge in [0.05, 0.1) is 5.92 Å². The van der Waals surface area contributed by atoms with Gasteiger partial charge in [-0.15, -0.1) is 0 Å². The first-order chi connectivity index (χ1) is 20.5. The van der Waals surface area contributed by atoms with E-state index in [1.807, 2.05) is 6.92 Å². The van der Waals surface area contributed by atoms with Gasteiger partial charge in [-0.25, -0.2) is 0 Å². The number of carbonyl (C=O) groups is 2. The van der Waals surface area contributed by atoms with Crippen molar-refractivity contribution >= 4 is 11.8 Å². The summed E-state index contributed by atoms with van der Waals surface area (Å²) in [6, 6.07) is -0.173. The van der Waals surface area contributed by atoms with Crippen LogP contribution in [0.25, 0.3) is 0 Å². The van der Waals surface area contributed by atoms with Gasteiger partial charge in [-0.1, -0.05) is 194 Å². The Balaban J connectivity index is 3.64. The van der Waals surface area contributed by atoms with Crippen molar-refractivity contribution in [3.63, 3.8) is 0 Å². The zero-order chi connectivity index (χ0) is 30.9. The molecule has 2 atom stereocenters. The third-order valence-corrected chi connectivity index (χ3v) is 9.23. The highest BCUT2D eigenvalue weighted by atomic mass is 16.2. The summed E-state index contributed by atoms with van der Waals surface area (Å²) in [6.45, 7) is 6.50. The summed E-state index contributed by atoms with van der Waals surface area (Å²) in [6.07, 6.45) is 39.8. The van der Waals surface area contributed by atoms with Crippen LogP contribution in [0.4, 0.5) is 0 Å². The quantitative estimate of drug-likeness (QED) is 0.0729. The van der Waals surface area contributed by atoms with E-state index in [4.69, 9.17) is 5.73 Å². The standard InChI is InChI=1S/C38H76N2O2/c1-4-6-8-10-12-14-16-18-20-22-24-26-28-30-32-34-37(41)40-35(3)36(38(39)42)33-31-29-27-25-23-21-19-17-15-13-11-9-7-5-2/h35-36H,4-34H2,1-3H3,(H2,39,42)(H,40,41). The van der Waals surface area contributed by atoms with Gasteiger partial charge >= 0.3 is 0 Å². The number of hydrogen-bond donors (Lipinski definition) is 2. The monoisotopic (exact) mass is 593 g/mol. The van der Waals surface area contributed by atoms with Crippen LogP contribution in [0.3, 0.4) is 0 Å². The van der Waals surface area contributed by atoms with Gasteiger partial charge in [0, 0.05) is 12.5 Å². The highest BCUT2D eigenvalue weighted by molar-refractivity contribution is 5.80. The molecule has 0 spiro atoms. The molecular weight excluding hydrogens is 516 g/mol. The van der Waals surface area contributed by atoms with Crippen LogP contribution in [-0.2, 0) is 9.59 Å². The number of carbonyl (C=O) groups excluding carboxylic acids is 2. The molecule has 0 bridgehead atoms. The first kappa shape index (κ1) is 40.9. The third kappa shape index (κ3) is 29.0. The van der Waals surface area contributed by atoms with Crippen molar-refractivity contribution in [2.24, 2.45) is 11.7 Å². The van der Waals surface area contributed by atoms with E-state index in [-0.39, 0.29) is 23.8 Å². The van der Waals surface area contributed by atoms with Crippen molar-refractivity contribution in [2.45, 2.75) is 226 Å². The molecule has 0 fully saturated rings. The van der Waals surface area contributed by atoms with E-state index in [1.54, 1.807) is 0 Å². The Hall–Kier alpha value is -1.06. The Morgan fingerprint density at radius 3 is 1.07 bits per heavy atom. The lowest BCUT2D eigenvalue weighted by molar-refractivity contribution is -0.125. The van der Waals surface area contributed by atoms with Gasteiger partial charge in [-0.05, 0) is 19.8 Å². The molecule has 0 aliphatic carbocycles. The number of nitrogens with one attached hydrogen (secondary N) is 1. The van der Waals surface area contributed by atoms with Gasteiger partial charge < -0.3 is 11.1 Å². The van der Waals surface area contributed by atoms with E-state index in [9.17, 15) is 9.59 Å². The second-order valence-electron chi connectivity index (χ2n) is 13.4. The molecule has 2 unspecified atom stereocenters. The minimum atomic E-state index is -0.274. The summed E-state index contributed by atoms with van der Waals surface area (Å²) in [5.74, 6) is -0.457. The molecule has 0 aromatic carbocycles. The average Bonchev–Trinajstić information content (AvgIpc) is 2.96. The zero-order valence-electron chi connectivity index (χ0n) is 29.0. The fraction of sp³-hybridized carbons (Fsp3) is 0.947. The average molecular weight is 593 g/mol. The molecule has 0 aliphatic heterocycles. The summed E-state index contributed by atoms with van der Waals surface area (Å²) in [7, 11) is 0. The predicted octanol–water partition coefficient (Wildman–Crippen LogP) is 11.7. The van der Waals surface area contributed by atoms with Crippen molar-refractivity contribution in [1.82, 2.24) is 5.32 Å². The van der Waals surface area contributed by atoms with Crippen LogP contribution in [0.2, 0.25) is 0 Å². The molecule has 4 nitrogen and oxygen atoms in total. The highest BCUT2D eigenvalue weighted by Gasteiger charge is 2.23. The van der Waals surface area contributed by atoms with Gasteiger partial charge in [0.1, 0.15) is 0 Å². The largest absolute Gasteiger partial charge is 0.369 e. The molecule has 0 radical (unpaired) electrons. The van der Waals surface area contributed by atoms with Crippen LogP contribution in [-0.4, -0.2) is 17.9 Å².